The van der Waals surface area contributed by atoms with E-state index in [1.165, 1.54) is 6.08 Å². The van der Waals surface area contributed by atoms with Crippen LogP contribution in [0.4, 0.5) is 5.69 Å². The van der Waals surface area contributed by atoms with Crippen molar-refractivity contribution in [3.05, 3.63) is 58.3 Å². The molecule has 0 atom stereocenters. The van der Waals surface area contributed by atoms with E-state index in [4.69, 9.17) is 10.5 Å². The SMILES string of the molecule is CN(C)c1ccc(/C=C/C2=C(C#N)C(=C(C#N)C#N)NC2=O)cc1. The first kappa shape index (κ1) is 16.5. The van der Waals surface area contributed by atoms with E-state index in [1.807, 2.05) is 49.3 Å². The van der Waals surface area contributed by atoms with Crippen molar-refractivity contribution in [2.75, 3.05) is 19.0 Å². The Kier molecular flexibility index (Phi) is 4.80. The summed E-state index contributed by atoms with van der Waals surface area (Å²) in [5.41, 5.74) is 1.71. The Hall–Kier alpha value is -3.82. The van der Waals surface area contributed by atoms with Gasteiger partial charge in [-0.05, 0) is 23.8 Å². The molecule has 0 saturated heterocycles. The molecule has 0 spiro atoms. The maximum atomic E-state index is 12.0. The highest BCUT2D eigenvalue weighted by Crippen LogP contribution is 2.24. The zero-order chi connectivity index (χ0) is 17.7. The quantitative estimate of drug-likeness (QED) is 0.859. The number of carbonyl (C=O) groups excluding carboxylic acids is 1. The second-order valence-electron chi connectivity index (χ2n) is 5.15. The lowest BCUT2D eigenvalue weighted by atomic mass is 10.1. The molecule has 0 saturated carbocycles. The first-order valence-electron chi connectivity index (χ1n) is 6.98. The van der Waals surface area contributed by atoms with Crippen LogP contribution < -0.4 is 10.2 Å². The third-order valence-electron chi connectivity index (χ3n) is 3.44. The Labute approximate surface area is 139 Å². The van der Waals surface area contributed by atoms with Gasteiger partial charge in [0.2, 0.25) is 0 Å². The molecule has 1 aromatic rings. The van der Waals surface area contributed by atoms with Gasteiger partial charge in [0.05, 0.1) is 16.8 Å². The van der Waals surface area contributed by atoms with Crippen LogP contribution in [0.3, 0.4) is 0 Å². The number of nitriles is 3. The molecule has 116 valence electrons. The molecule has 0 unspecified atom stereocenters. The Balaban J connectivity index is 2.40. The van der Waals surface area contributed by atoms with Crippen LogP contribution in [0.2, 0.25) is 0 Å². The van der Waals surface area contributed by atoms with Crippen LogP contribution in [0.1, 0.15) is 5.56 Å². The number of nitrogens with one attached hydrogen (secondary N) is 1. The number of carbonyl (C=O) groups is 1. The summed E-state index contributed by atoms with van der Waals surface area (Å²) < 4.78 is 0. The van der Waals surface area contributed by atoms with Crippen LogP contribution in [-0.2, 0) is 4.79 Å². The van der Waals surface area contributed by atoms with Gasteiger partial charge in [0.25, 0.3) is 5.91 Å². The second-order valence-corrected chi connectivity index (χ2v) is 5.15. The smallest absolute Gasteiger partial charge is 0.257 e. The van der Waals surface area contributed by atoms with Crippen molar-refractivity contribution < 1.29 is 4.79 Å². The molecule has 1 heterocycles. The molecule has 0 aromatic heterocycles. The molecular weight excluding hydrogens is 302 g/mol. The molecule has 2 rings (SSSR count). The average Bonchev–Trinajstić information content (AvgIpc) is 2.90. The van der Waals surface area contributed by atoms with Crippen molar-refractivity contribution in [1.82, 2.24) is 5.32 Å². The predicted octanol–water partition coefficient (Wildman–Crippen LogP) is 2.02. The standard InChI is InChI=1S/C18H13N5O/c1-23(2)14-6-3-12(4-7-14)5-8-15-16(11-21)17(22-18(15)24)13(9-19)10-20/h3-8H,1-2H3,(H,22,24)/b8-5+. The Morgan fingerprint density at radius 1 is 1.08 bits per heavy atom. The maximum absolute atomic E-state index is 12.0. The molecule has 0 bridgehead atoms. The van der Waals surface area contributed by atoms with E-state index in [9.17, 15) is 10.1 Å². The van der Waals surface area contributed by atoms with Gasteiger partial charge in [-0.25, -0.2) is 0 Å². The highest BCUT2D eigenvalue weighted by molar-refractivity contribution is 6.05. The van der Waals surface area contributed by atoms with Gasteiger partial charge in [-0.15, -0.1) is 0 Å². The van der Waals surface area contributed by atoms with E-state index >= 15 is 0 Å². The Morgan fingerprint density at radius 3 is 2.21 bits per heavy atom. The Bertz CT molecular complexity index is 881. The highest BCUT2D eigenvalue weighted by Gasteiger charge is 2.28. The molecule has 1 aliphatic heterocycles. The Morgan fingerprint density at radius 2 is 1.71 bits per heavy atom. The molecule has 1 amide bonds. The van der Waals surface area contributed by atoms with Crippen LogP contribution in [-0.4, -0.2) is 20.0 Å². The number of anilines is 1. The van der Waals surface area contributed by atoms with Crippen molar-refractivity contribution in [1.29, 1.82) is 15.8 Å². The number of amides is 1. The summed E-state index contributed by atoms with van der Waals surface area (Å²) in [4.78, 5) is 14.0. The number of nitrogens with zero attached hydrogens (tertiary/aromatic N) is 4. The average molecular weight is 315 g/mol. The van der Waals surface area contributed by atoms with Crippen LogP contribution in [0.5, 0.6) is 0 Å². The molecule has 6 nitrogen and oxygen atoms in total. The summed E-state index contributed by atoms with van der Waals surface area (Å²) in [5, 5.41) is 29.5. The summed E-state index contributed by atoms with van der Waals surface area (Å²) >= 11 is 0. The van der Waals surface area contributed by atoms with E-state index in [2.05, 4.69) is 5.32 Å². The maximum Gasteiger partial charge on any atom is 0.257 e. The minimum absolute atomic E-state index is 0.000684. The summed E-state index contributed by atoms with van der Waals surface area (Å²) in [6, 6.07) is 12.9. The van der Waals surface area contributed by atoms with Crippen LogP contribution in [0.15, 0.2) is 52.8 Å². The van der Waals surface area contributed by atoms with Crippen molar-refractivity contribution in [3.63, 3.8) is 0 Å². The molecule has 0 aliphatic carbocycles. The fourth-order valence-corrected chi connectivity index (χ4v) is 2.15. The van der Waals surface area contributed by atoms with Gasteiger partial charge in [0, 0.05) is 19.8 Å². The molecular formula is C18H13N5O. The lowest BCUT2D eigenvalue weighted by molar-refractivity contribution is -0.115. The largest absolute Gasteiger partial charge is 0.378 e. The number of hydrogen-bond donors (Lipinski definition) is 1. The van der Waals surface area contributed by atoms with E-state index < -0.39 is 5.91 Å². The van der Waals surface area contributed by atoms with Crippen LogP contribution in [0, 0.1) is 34.0 Å². The van der Waals surface area contributed by atoms with E-state index in [0.717, 1.165) is 11.3 Å². The third kappa shape index (κ3) is 3.16. The van der Waals surface area contributed by atoms with Crippen molar-refractivity contribution >= 4 is 17.7 Å². The van der Waals surface area contributed by atoms with E-state index in [1.54, 1.807) is 18.2 Å². The minimum Gasteiger partial charge on any atom is -0.378 e. The van der Waals surface area contributed by atoms with Crippen LogP contribution in [0.25, 0.3) is 6.08 Å². The number of rotatable bonds is 3. The molecule has 0 fully saturated rings. The molecule has 1 aliphatic rings. The van der Waals surface area contributed by atoms with Crippen LogP contribution >= 0.6 is 0 Å². The van der Waals surface area contributed by atoms with Gasteiger partial charge in [0.1, 0.15) is 18.2 Å². The lowest BCUT2D eigenvalue weighted by Gasteiger charge is -2.11. The first-order chi connectivity index (χ1) is 11.5. The third-order valence-corrected chi connectivity index (χ3v) is 3.44. The number of allylic oxidation sites excluding steroid dienone is 2. The number of benzene rings is 1. The topological polar surface area (TPSA) is 104 Å². The van der Waals surface area contributed by atoms with Gasteiger partial charge in [-0.1, -0.05) is 18.2 Å². The molecule has 24 heavy (non-hydrogen) atoms. The van der Waals surface area contributed by atoms with Gasteiger partial charge in [-0.3, -0.25) is 4.79 Å². The van der Waals surface area contributed by atoms with Gasteiger partial charge in [-0.2, -0.15) is 15.8 Å². The lowest BCUT2D eigenvalue weighted by Crippen LogP contribution is -2.17. The summed E-state index contributed by atoms with van der Waals surface area (Å²) in [5.74, 6) is -0.509. The van der Waals surface area contributed by atoms with Crippen molar-refractivity contribution in [3.8, 4) is 18.2 Å². The van der Waals surface area contributed by atoms with E-state index in [-0.39, 0.29) is 22.4 Å². The van der Waals surface area contributed by atoms with Gasteiger partial charge >= 0.3 is 0 Å². The van der Waals surface area contributed by atoms with Crippen molar-refractivity contribution in [2.45, 2.75) is 0 Å². The monoisotopic (exact) mass is 315 g/mol. The number of hydrogen-bond acceptors (Lipinski definition) is 5. The molecule has 1 N–H and O–H groups in total. The highest BCUT2D eigenvalue weighted by atomic mass is 16.1. The first-order valence-corrected chi connectivity index (χ1v) is 6.98. The van der Waals surface area contributed by atoms with E-state index in [0.29, 0.717) is 0 Å². The molecule has 6 heteroatoms. The summed E-state index contributed by atoms with van der Waals surface area (Å²) in [7, 11) is 3.88. The fourth-order valence-electron chi connectivity index (χ4n) is 2.15. The fraction of sp³-hybridized carbons (Fsp3) is 0.111. The zero-order valence-electron chi connectivity index (χ0n) is 13.2. The predicted molar refractivity (Wildman–Crippen MR) is 88.8 cm³/mol. The van der Waals surface area contributed by atoms with Gasteiger partial charge in [0.15, 0.2) is 5.57 Å². The van der Waals surface area contributed by atoms with Crippen molar-refractivity contribution in [2.24, 2.45) is 0 Å². The minimum atomic E-state index is -0.509. The molecule has 1 aromatic carbocycles. The molecule has 0 radical (unpaired) electrons. The second kappa shape index (κ2) is 6.96. The summed E-state index contributed by atoms with van der Waals surface area (Å²) in [6.07, 6.45) is 3.21. The zero-order valence-corrected chi connectivity index (χ0v) is 13.2. The van der Waals surface area contributed by atoms with Gasteiger partial charge < -0.3 is 10.2 Å². The normalized spacial score (nSPS) is 13.3. The summed E-state index contributed by atoms with van der Waals surface area (Å²) in [6.45, 7) is 0.